The van der Waals surface area contributed by atoms with Crippen molar-refractivity contribution in [3.05, 3.63) is 44.9 Å². The summed E-state index contributed by atoms with van der Waals surface area (Å²) in [6.07, 6.45) is 2.67. The number of aromatic nitrogens is 1. The van der Waals surface area contributed by atoms with Gasteiger partial charge in [0.2, 0.25) is 5.91 Å². The number of hydrogen-bond acceptors (Lipinski definition) is 5. The van der Waals surface area contributed by atoms with Gasteiger partial charge in [0.05, 0.1) is 12.3 Å². The minimum absolute atomic E-state index is 0.0180. The van der Waals surface area contributed by atoms with Crippen LogP contribution in [0.5, 0.6) is 5.75 Å². The van der Waals surface area contributed by atoms with E-state index in [1.807, 2.05) is 49.9 Å². The quantitative estimate of drug-likeness (QED) is 0.719. The number of carbonyl (C=O) groups is 1. The molecule has 1 N–H and O–H groups in total. The molecule has 0 unspecified atom stereocenters. The SMILES string of the molecule is Cc1nc([C@@]2(O)CCCN(C(=O)C(C)C)CC2)sc1CCOc1ccc(Cl)cc1. The van der Waals surface area contributed by atoms with Crippen molar-refractivity contribution in [2.24, 2.45) is 5.92 Å². The van der Waals surface area contributed by atoms with E-state index >= 15 is 0 Å². The molecule has 0 saturated carbocycles. The lowest BCUT2D eigenvalue weighted by molar-refractivity contribution is -0.134. The van der Waals surface area contributed by atoms with Gasteiger partial charge in [-0.3, -0.25) is 4.79 Å². The topological polar surface area (TPSA) is 62.7 Å². The van der Waals surface area contributed by atoms with Crippen LogP contribution in [0.4, 0.5) is 0 Å². The smallest absolute Gasteiger partial charge is 0.225 e. The average Bonchev–Trinajstić information content (AvgIpc) is 2.94. The van der Waals surface area contributed by atoms with Gasteiger partial charge in [0.25, 0.3) is 0 Å². The molecule has 1 aromatic carbocycles. The summed E-state index contributed by atoms with van der Waals surface area (Å²) in [5.74, 6) is 0.925. The Kier molecular flexibility index (Phi) is 7.19. The molecular formula is C22H29ClN2O3S. The second kappa shape index (κ2) is 9.45. The van der Waals surface area contributed by atoms with E-state index in [-0.39, 0.29) is 11.8 Å². The first-order chi connectivity index (χ1) is 13.8. The maximum atomic E-state index is 12.3. The number of carbonyl (C=O) groups excluding carboxylic acids is 1. The summed E-state index contributed by atoms with van der Waals surface area (Å²) in [6, 6.07) is 7.32. The molecule has 3 rings (SSSR count). The monoisotopic (exact) mass is 436 g/mol. The fraction of sp³-hybridized carbons (Fsp3) is 0.545. The first kappa shape index (κ1) is 22.1. The fourth-order valence-corrected chi connectivity index (χ4v) is 4.88. The zero-order valence-electron chi connectivity index (χ0n) is 17.3. The minimum atomic E-state index is -0.962. The summed E-state index contributed by atoms with van der Waals surface area (Å²) in [5, 5.41) is 12.7. The molecule has 1 aliphatic rings. The third kappa shape index (κ3) is 5.50. The van der Waals surface area contributed by atoms with E-state index in [1.54, 1.807) is 11.3 Å². The lowest BCUT2D eigenvalue weighted by Gasteiger charge is -2.25. The summed E-state index contributed by atoms with van der Waals surface area (Å²) < 4.78 is 5.80. The first-order valence-corrected chi connectivity index (χ1v) is 11.3. The Morgan fingerprint density at radius 1 is 1.31 bits per heavy atom. The molecule has 29 heavy (non-hydrogen) atoms. The molecule has 1 fully saturated rings. The molecule has 1 aliphatic heterocycles. The van der Waals surface area contributed by atoms with Gasteiger partial charge in [0.15, 0.2) is 0 Å². The normalized spacial score (nSPS) is 20.0. The van der Waals surface area contributed by atoms with Gasteiger partial charge in [-0.1, -0.05) is 25.4 Å². The lowest BCUT2D eigenvalue weighted by Crippen LogP contribution is -2.36. The number of aliphatic hydroxyl groups is 1. The summed E-state index contributed by atoms with van der Waals surface area (Å²) in [4.78, 5) is 20.0. The van der Waals surface area contributed by atoms with E-state index in [1.165, 1.54) is 0 Å². The molecule has 7 heteroatoms. The molecule has 2 heterocycles. The van der Waals surface area contributed by atoms with Crippen molar-refractivity contribution in [3.63, 3.8) is 0 Å². The molecular weight excluding hydrogens is 408 g/mol. The van der Waals surface area contributed by atoms with Crippen LogP contribution in [0.1, 0.15) is 48.7 Å². The predicted octanol–water partition coefficient (Wildman–Crippen LogP) is 4.58. The van der Waals surface area contributed by atoms with Crippen molar-refractivity contribution in [3.8, 4) is 5.75 Å². The second-order valence-corrected chi connectivity index (χ2v) is 9.47. The van der Waals surface area contributed by atoms with Crippen molar-refractivity contribution in [1.82, 2.24) is 9.88 Å². The van der Waals surface area contributed by atoms with Gasteiger partial charge < -0.3 is 14.7 Å². The molecule has 5 nitrogen and oxygen atoms in total. The third-order valence-corrected chi connectivity index (χ3v) is 6.98. The van der Waals surface area contributed by atoms with E-state index in [2.05, 4.69) is 4.98 Å². The van der Waals surface area contributed by atoms with Crippen LogP contribution in [0.2, 0.25) is 5.02 Å². The van der Waals surface area contributed by atoms with Crippen molar-refractivity contribution in [2.45, 2.75) is 52.1 Å². The number of amides is 1. The van der Waals surface area contributed by atoms with Crippen molar-refractivity contribution >= 4 is 28.8 Å². The predicted molar refractivity (Wildman–Crippen MR) is 117 cm³/mol. The maximum Gasteiger partial charge on any atom is 0.225 e. The molecule has 1 aromatic heterocycles. The van der Waals surface area contributed by atoms with E-state index in [4.69, 9.17) is 16.3 Å². The van der Waals surface area contributed by atoms with Gasteiger partial charge in [-0.05, 0) is 44.0 Å². The van der Waals surface area contributed by atoms with Gasteiger partial charge in [0, 0.05) is 41.7 Å². The van der Waals surface area contributed by atoms with Crippen LogP contribution in [-0.4, -0.2) is 40.6 Å². The Morgan fingerprint density at radius 2 is 2.03 bits per heavy atom. The Hall–Kier alpha value is -1.63. The van der Waals surface area contributed by atoms with E-state index in [0.29, 0.717) is 37.6 Å². The van der Waals surface area contributed by atoms with Crippen LogP contribution in [-0.2, 0) is 16.8 Å². The molecule has 2 aromatic rings. The Labute approximate surface area is 181 Å². The highest BCUT2D eigenvalue weighted by Gasteiger charge is 2.36. The second-order valence-electron chi connectivity index (χ2n) is 7.95. The number of halogens is 1. The van der Waals surface area contributed by atoms with Crippen LogP contribution >= 0.6 is 22.9 Å². The first-order valence-electron chi connectivity index (χ1n) is 10.1. The van der Waals surface area contributed by atoms with Crippen molar-refractivity contribution < 1.29 is 14.6 Å². The highest BCUT2D eigenvalue weighted by molar-refractivity contribution is 7.11. The van der Waals surface area contributed by atoms with Crippen LogP contribution in [0, 0.1) is 12.8 Å². The van der Waals surface area contributed by atoms with E-state index in [9.17, 15) is 9.90 Å². The lowest BCUT2D eigenvalue weighted by atomic mass is 9.96. The average molecular weight is 437 g/mol. The van der Waals surface area contributed by atoms with Gasteiger partial charge in [0.1, 0.15) is 16.4 Å². The number of rotatable bonds is 6. The molecule has 0 aliphatic carbocycles. The van der Waals surface area contributed by atoms with Gasteiger partial charge >= 0.3 is 0 Å². The fourth-order valence-electron chi connectivity index (χ4n) is 3.57. The number of thiazole rings is 1. The summed E-state index contributed by atoms with van der Waals surface area (Å²) in [6.45, 7) is 7.63. The van der Waals surface area contributed by atoms with Gasteiger partial charge in [-0.25, -0.2) is 4.98 Å². The van der Waals surface area contributed by atoms with E-state index in [0.717, 1.165) is 34.2 Å². The van der Waals surface area contributed by atoms with Crippen LogP contribution < -0.4 is 4.74 Å². The Bertz CT molecular complexity index is 837. The zero-order valence-corrected chi connectivity index (χ0v) is 18.9. The molecule has 158 valence electrons. The maximum absolute atomic E-state index is 12.3. The van der Waals surface area contributed by atoms with Crippen molar-refractivity contribution in [2.75, 3.05) is 19.7 Å². The minimum Gasteiger partial charge on any atom is -0.493 e. The number of benzene rings is 1. The number of aryl methyl sites for hydroxylation is 1. The summed E-state index contributed by atoms with van der Waals surface area (Å²) >= 11 is 7.46. The third-order valence-electron chi connectivity index (χ3n) is 5.32. The van der Waals surface area contributed by atoms with Crippen LogP contribution in [0.25, 0.3) is 0 Å². The molecule has 1 amide bonds. The number of hydrogen-bond donors (Lipinski definition) is 1. The largest absolute Gasteiger partial charge is 0.493 e. The highest BCUT2D eigenvalue weighted by Crippen LogP contribution is 2.37. The summed E-state index contributed by atoms with van der Waals surface area (Å²) in [7, 11) is 0. The number of nitrogens with zero attached hydrogens (tertiary/aromatic N) is 2. The van der Waals surface area contributed by atoms with Crippen LogP contribution in [0.15, 0.2) is 24.3 Å². The molecule has 1 saturated heterocycles. The number of ether oxygens (including phenoxy) is 1. The van der Waals surface area contributed by atoms with Crippen molar-refractivity contribution in [1.29, 1.82) is 0 Å². The Morgan fingerprint density at radius 3 is 2.72 bits per heavy atom. The van der Waals surface area contributed by atoms with Crippen LogP contribution in [0.3, 0.4) is 0 Å². The zero-order chi connectivity index (χ0) is 21.0. The number of likely N-dealkylation sites (tertiary alicyclic amines) is 1. The summed E-state index contributed by atoms with van der Waals surface area (Å²) in [5.41, 5.74) is -0.0195. The molecule has 0 spiro atoms. The molecule has 1 atom stereocenters. The van der Waals surface area contributed by atoms with E-state index < -0.39 is 5.60 Å². The Balaban J connectivity index is 1.62. The molecule has 0 radical (unpaired) electrons. The molecule has 0 bridgehead atoms. The highest BCUT2D eigenvalue weighted by atomic mass is 35.5. The van der Waals surface area contributed by atoms with Gasteiger partial charge in [-0.2, -0.15) is 0 Å². The standard InChI is InChI=1S/C22H29ClN2O3S/c1-15(2)20(26)25-12-4-10-22(27,11-13-25)21-24-16(3)19(29-21)9-14-28-18-7-5-17(23)6-8-18/h5-8,15,27H,4,9-14H2,1-3H3/t22-/m1/s1. The van der Waals surface area contributed by atoms with Gasteiger partial charge in [-0.15, -0.1) is 11.3 Å².